The Labute approximate surface area is 236 Å². The average molecular weight is 565 g/mol. The molecule has 1 saturated heterocycles. The van der Waals surface area contributed by atoms with E-state index in [1.165, 1.54) is 6.07 Å². The lowest BCUT2D eigenvalue weighted by Crippen LogP contribution is -2.49. The normalized spacial score (nSPS) is 23.8. The van der Waals surface area contributed by atoms with Crippen molar-refractivity contribution in [3.63, 3.8) is 0 Å². The Morgan fingerprint density at radius 3 is 2.51 bits per heavy atom. The van der Waals surface area contributed by atoms with E-state index in [2.05, 4.69) is 36.7 Å². The van der Waals surface area contributed by atoms with Crippen molar-refractivity contribution in [2.75, 3.05) is 10.6 Å². The zero-order valence-corrected chi connectivity index (χ0v) is 23.1. The summed E-state index contributed by atoms with van der Waals surface area (Å²) in [5.41, 5.74) is 0.715. The van der Waals surface area contributed by atoms with Crippen molar-refractivity contribution < 1.29 is 14.0 Å². The number of nitrogens with zero attached hydrogens (tertiary/aromatic N) is 1. The molecule has 2 heterocycles. The van der Waals surface area contributed by atoms with E-state index in [1.54, 1.807) is 54.6 Å². The van der Waals surface area contributed by atoms with Crippen molar-refractivity contribution in [1.82, 2.24) is 5.32 Å². The molecule has 0 radical (unpaired) electrons. The first kappa shape index (κ1) is 27.1. The topological polar surface area (TPSA) is 94.0 Å². The zero-order valence-electron chi connectivity index (χ0n) is 21.6. The fourth-order valence-electron chi connectivity index (χ4n) is 6.00. The van der Waals surface area contributed by atoms with Crippen LogP contribution < -0.4 is 16.0 Å². The van der Waals surface area contributed by atoms with E-state index in [4.69, 9.17) is 28.5 Å². The van der Waals surface area contributed by atoms with Crippen LogP contribution in [0.3, 0.4) is 0 Å². The van der Waals surface area contributed by atoms with Crippen LogP contribution in [0.1, 0.15) is 49.8 Å². The van der Waals surface area contributed by atoms with E-state index in [0.717, 1.165) is 0 Å². The SMILES string of the molecule is CC(C)(C)C[C@@H]1N[C@@H](C(=O)Nc2ccc(C#N)cc2)[C@@H](c2cccc(Cl)c2F)C12C(=O)Nc1cc(Cl)ccc12. The summed E-state index contributed by atoms with van der Waals surface area (Å²) in [6.07, 6.45) is 0.516. The van der Waals surface area contributed by atoms with E-state index < -0.39 is 35.1 Å². The summed E-state index contributed by atoms with van der Waals surface area (Å²) in [6, 6.07) is 16.8. The summed E-state index contributed by atoms with van der Waals surface area (Å²) >= 11 is 12.5. The molecule has 6 nitrogen and oxygen atoms in total. The first-order valence-electron chi connectivity index (χ1n) is 12.6. The van der Waals surface area contributed by atoms with Gasteiger partial charge in [0.2, 0.25) is 11.8 Å². The summed E-state index contributed by atoms with van der Waals surface area (Å²) in [6.45, 7) is 6.16. The lowest BCUT2D eigenvalue weighted by atomic mass is 9.62. The van der Waals surface area contributed by atoms with Gasteiger partial charge in [-0.25, -0.2) is 4.39 Å². The number of anilines is 2. The Bertz CT molecular complexity index is 1510. The Balaban J connectivity index is 1.71. The molecule has 200 valence electrons. The standard InChI is InChI=1S/C30H27Cl2FN4O2/c1-29(2,3)14-23-30(20-12-9-17(31)13-22(20)36-28(30)39)24(19-5-4-6-21(32)25(19)33)26(37-23)27(38)35-18-10-7-16(15-34)8-11-18/h4-13,23-24,26,37H,14H2,1-3H3,(H,35,38)(H,36,39)/t23-,24+,26+,30?/m0/s1. The van der Waals surface area contributed by atoms with Gasteiger partial charge in [-0.05, 0) is 65.4 Å². The molecule has 1 spiro atoms. The molecule has 4 atom stereocenters. The van der Waals surface area contributed by atoms with Crippen molar-refractivity contribution in [3.05, 3.63) is 93.2 Å². The molecular formula is C30H27Cl2FN4O2. The number of fused-ring (bicyclic) bond motifs is 2. The highest BCUT2D eigenvalue weighted by molar-refractivity contribution is 6.31. The molecule has 5 rings (SSSR count). The number of hydrogen-bond donors (Lipinski definition) is 3. The third-order valence-corrected chi connectivity index (χ3v) is 8.03. The zero-order chi connectivity index (χ0) is 28.1. The molecule has 1 fully saturated rings. The van der Waals surface area contributed by atoms with E-state index in [0.29, 0.717) is 33.9 Å². The summed E-state index contributed by atoms with van der Waals surface area (Å²) in [5.74, 6) is -2.38. The van der Waals surface area contributed by atoms with E-state index in [1.807, 2.05) is 6.07 Å². The number of carbonyl (C=O) groups excluding carboxylic acids is 2. The number of nitrogens with one attached hydrogen (secondary N) is 3. The fourth-order valence-corrected chi connectivity index (χ4v) is 6.35. The summed E-state index contributed by atoms with van der Waals surface area (Å²) in [5, 5.41) is 18.8. The van der Waals surface area contributed by atoms with Crippen LogP contribution in [0.25, 0.3) is 0 Å². The molecule has 0 bridgehead atoms. The van der Waals surface area contributed by atoms with Crippen LogP contribution in [-0.2, 0) is 15.0 Å². The highest BCUT2D eigenvalue weighted by atomic mass is 35.5. The third-order valence-electron chi connectivity index (χ3n) is 7.50. The van der Waals surface area contributed by atoms with Gasteiger partial charge in [0.15, 0.2) is 0 Å². The maximum Gasteiger partial charge on any atom is 0.242 e. The van der Waals surface area contributed by atoms with Gasteiger partial charge in [-0.3, -0.25) is 9.59 Å². The van der Waals surface area contributed by atoms with Crippen LogP contribution >= 0.6 is 23.2 Å². The van der Waals surface area contributed by atoms with Crippen molar-refractivity contribution in [3.8, 4) is 6.07 Å². The van der Waals surface area contributed by atoms with E-state index in [9.17, 15) is 9.59 Å². The highest BCUT2D eigenvalue weighted by Gasteiger charge is 2.66. The van der Waals surface area contributed by atoms with Gasteiger partial charge in [0.05, 0.1) is 22.7 Å². The molecule has 3 aromatic rings. The smallest absolute Gasteiger partial charge is 0.242 e. The molecule has 1 unspecified atom stereocenters. The number of nitriles is 1. The maximum absolute atomic E-state index is 15.8. The first-order chi connectivity index (χ1) is 18.5. The minimum atomic E-state index is -1.33. The number of halogens is 3. The summed E-state index contributed by atoms with van der Waals surface area (Å²) in [4.78, 5) is 28.1. The van der Waals surface area contributed by atoms with Gasteiger partial charge < -0.3 is 16.0 Å². The van der Waals surface area contributed by atoms with Gasteiger partial charge in [0, 0.05) is 28.4 Å². The average Bonchev–Trinajstić information content (AvgIpc) is 3.35. The lowest BCUT2D eigenvalue weighted by Gasteiger charge is -2.37. The Hall–Kier alpha value is -3.44. The minimum absolute atomic E-state index is 0.0945. The molecule has 2 amide bonds. The molecule has 39 heavy (non-hydrogen) atoms. The lowest BCUT2D eigenvalue weighted by molar-refractivity contribution is -0.122. The van der Waals surface area contributed by atoms with Crippen LogP contribution in [0.5, 0.6) is 0 Å². The molecule has 9 heteroatoms. The van der Waals surface area contributed by atoms with Crippen LogP contribution in [0.2, 0.25) is 10.0 Å². The minimum Gasteiger partial charge on any atom is -0.325 e. The number of amides is 2. The molecule has 0 saturated carbocycles. The van der Waals surface area contributed by atoms with Gasteiger partial charge in [-0.15, -0.1) is 0 Å². The highest BCUT2D eigenvalue weighted by Crippen LogP contribution is 2.57. The second kappa shape index (κ2) is 9.95. The van der Waals surface area contributed by atoms with Crippen molar-refractivity contribution >= 4 is 46.4 Å². The second-order valence-corrected chi connectivity index (χ2v) is 12.1. The van der Waals surface area contributed by atoms with Gasteiger partial charge in [-0.2, -0.15) is 5.26 Å². The molecule has 3 N–H and O–H groups in total. The van der Waals surface area contributed by atoms with Crippen LogP contribution in [0, 0.1) is 22.6 Å². The van der Waals surface area contributed by atoms with Gasteiger partial charge in [-0.1, -0.05) is 62.2 Å². The predicted molar refractivity (Wildman–Crippen MR) is 150 cm³/mol. The molecule has 2 aliphatic rings. The van der Waals surface area contributed by atoms with Crippen molar-refractivity contribution in [2.24, 2.45) is 5.41 Å². The summed E-state index contributed by atoms with van der Waals surface area (Å²) < 4.78 is 15.8. The van der Waals surface area contributed by atoms with Crippen LogP contribution in [0.15, 0.2) is 60.7 Å². The van der Waals surface area contributed by atoms with Gasteiger partial charge >= 0.3 is 0 Å². The monoisotopic (exact) mass is 564 g/mol. The Morgan fingerprint density at radius 1 is 1.13 bits per heavy atom. The second-order valence-electron chi connectivity index (χ2n) is 11.3. The quantitative estimate of drug-likeness (QED) is 0.342. The Morgan fingerprint density at radius 2 is 1.85 bits per heavy atom. The van der Waals surface area contributed by atoms with Crippen molar-refractivity contribution in [1.29, 1.82) is 5.26 Å². The van der Waals surface area contributed by atoms with Crippen LogP contribution in [0.4, 0.5) is 15.8 Å². The number of hydrogen-bond acceptors (Lipinski definition) is 4. The third kappa shape index (κ3) is 4.67. The fraction of sp³-hybridized carbons (Fsp3) is 0.300. The molecule has 2 aliphatic heterocycles. The maximum atomic E-state index is 15.8. The molecule has 0 aromatic heterocycles. The van der Waals surface area contributed by atoms with Gasteiger partial charge in [0.1, 0.15) is 11.2 Å². The predicted octanol–water partition coefficient (Wildman–Crippen LogP) is 6.39. The van der Waals surface area contributed by atoms with E-state index in [-0.39, 0.29) is 21.9 Å². The van der Waals surface area contributed by atoms with Crippen molar-refractivity contribution in [2.45, 2.75) is 50.6 Å². The summed E-state index contributed by atoms with van der Waals surface area (Å²) in [7, 11) is 0. The van der Waals surface area contributed by atoms with E-state index >= 15 is 4.39 Å². The molecular weight excluding hydrogens is 538 g/mol. The number of carbonyl (C=O) groups is 2. The van der Waals surface area contributed by atoms with Gasteiger partial charge in [0.25, 0.3) is 0 Å². The Kier molecular flexibility index (Phi) is 6.92. The number of benzene rings is 3. The largest absolute Gasteiger partial charge is 0.325 e. The first-order valence-corrected chi connectivity index (χ1v) is 13.3. The number of rotatable bonds is 4. The molecule has 0 aliphatic carbocycles. The molecule has 3 aromatic carbocycles. The van der Waals surface area contributed by atoms with Crippen LogP contribution in [-0.4, -0.2) is 23.9 Å².